The van der Waals surface area contributed by atoms with Crippen LogP contribution in [0.4, 0.5) is 0 Å². The molecule has 2 aromatic heterocycles. The number of benzene rings is 8. The molecule has 0 N–H and O–H groups in total. The number of hydrogen-bond acceptors (Lipinski definition) is 4. The predicted molar refractivity (Wildman–Crippen MR) is 232 cm³/mol. The fourth-order valence-electron chi connectivity index (χ4n) is 9.27. The molecule has 0 unspecified atom stereocenters. The fourth-order valence-corrected chi connectivity index (χ4v) is 9.27. The quantitative estimate of drug-likeness (QED) is 0.176. The molecule has 10 aromatic rings. The lowest BCUT2D eigenvalue weighted by Gasteiger charge is -2.27. The molecule has 0 atom stereocenters. The van der Waals surface area contributed by atoms with Crippen molar-refractivity contribution in [3.05, 3.63) is 223 Å². The standard InChI is InChI=1S/C53H33N5/c1-3-15-34(16-4-1)49-55-50(35-17-5-2-6-18-35)57-51(56-49)40-22-14-21-38(32-40)36-19-13-20-37(31-36)39-29-30-47-45(33-39)53(52-54-46-27-11-12-28-48(46)58(47)52)43-25-9-7-23-41(43)42-24-8-10-26-44(42)53/h1-33H. The Hall–Kier alpha value is -7.76. The second kappa shape index (κ2) is 12.6. The number of para-hydroxylation sites is 2. The third-order valence-electron chi connectivity index (χ3n) is 11.8. The molecule has 3 heterocycles. The topological polar surface area (TPSA) is 56.5 Å². The van der Waals surface area contributed by atoms with Gasteiger partial charge in [0.1, 0.15) is 11.2 Å². The summed E-state index contributed by atoms with van der Waals surface area (Å²) in [5, 5.41) is 0. The first-order valence-electron chi connectivity index (χ1n) is 19.6. The van der Waals surface area contributed by atoms with Crippen molar-refractivity contribution in [1.82, 2.24) is 24.5 Å². The van der Waals surface area contributed by atoms with E-state index in [2.05, 4.69) is 144 Å². The van der Waals surface area contributed by atoms with Crippen LogP contribution in [0.5, 0.6) is 0 Å². The zero-order chi connectivity index (χ0) is 38.2. The van der Waals surface area contributed by atoms with Crippen molar-refractivity contribution < 1.29 is 0 Å². The molecule has 1 spiro atoms. The molecule has 0 radical (unpaired) electrons. The molecule has 0 amide bonds. The maximum absolute atomic E-state index is 5.42. The number of imidazole rings is 1. The highest BCUT2D eigenvalue weighted by atomic mass is 15.1. The van der Waals surface area contributed by atoms with Gasteiger partial charge < -0.3 is 0 Å². The van der Waals surface area contributed by atoms with Crippen molar-refractivity contribution in [2.45, 2.75) is 5.41 Å². The Labute approximate surface area is 335 Å². The molecule has 0 saturated carbocycles. The zero-order valence-corrected chi connectivity index (χ0v) is 31.3. The zero-order valence-electron chi connectivity index (χ0n) is 31.3. The SMILES string of the molecule is c1ccc(-c2nc(-c3ccccc3)nc(-c3cccc(-c4cccc(-c5ccc6c(c5)C5(c7ccccc7-c7ccccc75)c5nc7ccccc7n5-6)c4)c3)n2)cc1. The molecule has 8 aromatic carbocycles. The van der Waals surface area contributed by atoms with Crippen molar-refractivity contribution in [1.29, 1.82) is 0 Å². The summed E-state index contributed by atoms with van der Waals surface area (Å²) in [7, 11) is 0. The van der Waals surface area contributed by atoms with Crippen molar-refractivity contribution in [2.24, 2.45) is 0 Å². The predicted octanol–water partition coefficient (Wildman–Crippen LogP) is 12.2. The highest BCUT2D eigenvalue weighted by Gasteiger charge is 2.54. The number of hydrogen-bond donors (Lipinski definition) is 0. The van der Waals surface area contributed by atoms with Crippen LogP contribution in [0, 0.1) is 0 Å². The van der Waals surface area contributed by atoms with E-state index in [4.69, 9.17) is 19.9 Å². The average molecular weight is 740 g/mol. The van der Waals surface area contributed by atoms with Gasteiger partial charge in [-0.15, -0.1) is 0 Å². The van der Waals surface area contributed by atoms with Gasteiger partial charge in [-0.2, -0.15) is 0 Å². The van der Waals surface area contributed by atoms with Gasteiger partial charge in [-0.3, -0.25) is 4.57 Å². The fraction of sp³-hybridized carbons (Fsp3) is 0.0189. The first-order chi connectivity index (χ1) is 28.7. The van der Waals surface area contributed by atoms with Gasteiger partial charge >= 0.3 is 0 Å². The Morgan fingerprint density at radius 1 is 0.328 bits per heavy atom. The van der Waals surface area contributed by atoms with E-state index in [1.54, 1.807) is 0 Å². The summed E-state index contributed by atoms with van der Waals surface area (Å²) in [6.07, 6.45) is 0. The minimum atomic E-state index is -0.550. The molecule has 0 fully saturated rings. The number of fused-ring (bicyclic) bond motifs is 12. The van der Waals surface area contributed by atoms with Crippen LogP contribution in [0.2, 0.25) is 0 Å². The minimum Gasteiger partial charge on any atom is -0.295 e. The van der Waals surface area contributed by atoms with Gasteiger partial charge in [0.05, 0.1) is 16.7 Å². The first-order valence-corrected chi connectivity index (χ1v) is 19.6. The van der Waals surface area contributed by atoms with E-state index >= 15 is 0 Å². The van der Waals surface area contributed by atoms with Crippen LogP contribution in [0.15, 0.2) is 200 Å². The number of nitrogens with zero attached hydrogens (tertiary/aromatic N) is 5. The minimum absolute atomic E-state index is 0.550. The van der Waals surface area contributed by atoms with Crippen molar-refractivity contribution in [3.63, 3.8) is 0 Å². The van der Waals surface area contributed by atoms with Crippen LogP contribution < -0.4 is 0 Å². The molecule has 58 heavy (non-hydrogen) atoms. The summed E-state index contributed by atoms with van der Waals surface area (Å²) >= 11 is 0. The van der Waals surface area contributed by atoms with Gasteiger partial charge in [0, 0.05) is 16.7 Å². The molecule has 1 aliphatic carbocycles. The molecule has 0 bridgehead atoms. The van der Waals surface area contributed by atoms with E-state index in [9.17, 15) is 0 Å². The second-order valence-electron chi connectivity index (χ2n) is 15.0. The molecule has 5 heteroatoms. The summed E-state index contributed by atoms with van der Waals surface area (Å²) in [5.41, 5.74) is 16.4. The molecule has 5 nitrogen and oxygen atoms in total. The molecule has 2 aliphatic rings. The van der Waals surface area contributed by atoms with Crippen molar-refractivity contribution in [3.8, 4) is 73.2 Å². The normalized spacial score (nSPS) is 13.0. The lowest BCUT2D eigenvalue weighted by Crippen LogP contribution is -2.27. The molecule has 270 valence electrons. The average Bonchev–Trinajstić information content (AvgIpc) is 3.93. The van der Waals surface area contributed by atoms with E-state index in [0.29, 0.717) is 17.5 Å². The molecule has 1 aliphatic heterocycles. The largest absolute Gasteiger partial charge is 0.295 e. The monoisotopic (exact) mass is 739 g/mol. The summed E-state index contributed by atoms with van der Waals surface area (Å²) in [6, 6.07) is 70.8. The summed E-state index contributed by atoms with van der Waals surface area (Å²) in [5.74, 6) is 2.98. The highest BCUT2D eigenvalue weighted by Crippen LogP contribution is 2.60. The Morgan fingerprint density at radius 2 is 0.793 bits per heavy atom. The van der Waals surface area contributed by atoms with Crippen LogP contribution in [0.1, 0.15) is 22.5 Å². The van der Waals surface area contributed by atoms with E-state index < -0.39 is 5.41 Å². The van der Waals surface area contributed by atoms with Crippen LogP contribution in [-0.4, -0.2) is 24.5 Å². The maximum atomic E-state index is 5.42. The van der Waals surface area contributed by atoms with E-state index in [0.717, 1.165) is 55.8 Å². The van der Waals surface area contributed by atoms with Crippen LogP contribution in [-0.2, 0) is 5.41 Å². The molecular weight excluding hydrogens is 707 g/mol. The van der Waals surface area contributed by atoms with Gasteiger partial charge in [-0.05, 0) is 86.5 Å². The summed E-state index contributed by atoms with van der Waals surface area (Å²) in [6.45, 7) is 0. The maximum Gasteiger partial charge on any atom is 0.164 e. The van der Waals surface area contributed by atoms with Gasteiger partial charge in [0.25, 0.3) is 0 Å². The van der Waals surface area contributed by atoms with Gasteiger partial charge in [0.15, 0.2) is 17.5 Å². The first kappa shape index (κ1) is 32.5. The van der Waals surface area contributed by atoms with Crippen molar-refractivity contribution >= 4 is 11.0 Å². The van der Waals surface area contributed by atoms with Gasteiger partial charge in [-0.1, -0.05) is 164 Å². The van der Waals surface area contributed by atoms with E-state index in [1.807, 2.05) is 60.7 Å². The van der Waals surface area contributed by atoms with Gasteiger partial charge in [0.2, 0.25) is 0 Å². The summed E-state index contributed by atoms with van der Waals surface area (Å²) in [4.78, 5) is 20.3. The molecular formula is C53H33N5. The Balaban J connectivity index is 0.991. The van der Waals surface area contributed by atoms with E-state index in [-0.39, 0.29) is 0 Å². The van der Waals surface area contributed by atoms with Crippen molar-refractivity contribution in [2.75, 3.05) is 0 Å². The highest BCUT2D eigenvalue weighted by molar-refractivity contribution is 5.92. The molecule has 12 rings (SSSR count). The second-order valence-corrected chi connectivity index (χ2v) is 15.0. The summed E-state index contributed by atoms with van der Waals surface area (Å²) < 4.78 is 2.39. The third kappa shape index (κ3) is 4.77. The van der Waals surface area contributed by atoms with Gasteiger partial charge in [-0.25, -0.2) is 19.9 Å². The molecule has 0 saturated heterocycles. The number of aromatic nitrogens is 5. The lowest BCUT2D eigenvalue weighted by molar-refractivity contribution is 0.738. The smallest absolute Gasteiger partial charge is 0.164 e. The van der Waals surface area contributed by atoms with Crippen LogP contribution >= 0.6 is 0 Å². The Bertz CT molecular complexity index is 3130. The third-order valence-corrected chi connectivity index (χ3v) is 11.8. The van der Waals surface area contributed by atoms with Crippen LogP contribution in [0.25, 0.3) is 84.3 Å². The lowest BCUT2D eigenvalue weighted by atomic mass is 9.72. The Morgan fingerprint density at radius 3 is 1.41 bits per heavy atom. The number of rotatable bonds is 5. The van der Waals surface area contributed by atoms with Crippen LogP contribution in [0.3, 0.4) is 0 Å². The Kier molecular flexibility index (Phi) is 7.07. The van der Waals surface area contributed by atoms with E-state index in [1.165, 1.54) is 33.5 Å².